The van der Waals surface area contributed by atoms with Gasteiger partial charge in [0.25, 0.3) is 5.95 Å². The van der Waals surface area contributed by atoms with E-state index in [1.165, 1.54) is 13.8 Å². The first kappa shape index (κ1) is 21.9. The Balaban J connectivity index is 2.24. The minimum atomic E-state index is -4.81. The van der Waals surface area contributed by atoms with Crippen molar-refractivity contribution in [1.82, 2.24) is 25.0 Å². The lowest BCUT2D eigenvalue weighted by Gasteiger charge is -2.11. The van der Waals surface area contributed by atoms with E-state index in [4.69, 9.17) is 9.47 Å². The number of rotatable bonds is 6. The average molecular weight is 435 g/mol. The predicted octanol–water partition coefficient (Wildman–Crippen LogP) is 3.10. The van der Waals surface area contributed by atoms with E-state index in [0.29, 0.717) is 10.2 Å². The fourth-order valence-corrected chi connectivity index (χ4v) is 2.57. The van der Waals surface area contributed by atoms with Crippen molar-refractivity contribution in [3.8, 4) is 17.2 Å². The first-order valence-electron chi connectivity index (χ1n) is 9.08. The van der Waals surface area contributed by atoms with Crippen LogP contribution in [0.3, 0.4) is 0 Å². The Hall–Kier alpha value is -3.83. The quantitative estimate of drug-likeness (QED) is 0.544. The lowest BCUT2D eigenvalue weighted by Crippen LogP contribution is -2.20. The maximum atomic E-state index is 13.5. The van der Waals surface area contributed by atoms with Crippen LogP contribution in [0.5, 0.6) is 0 Å². The van der Waals surface area contributed by atoms with Crippen molar-refractivity contribution in [2.75, 3.05) is 13.2 Å². The first-order chi connectivity index (χ1) is 14.8. The van der Waals surface area contributed by atoms with Crippen molar-refractivity contribution < 1.29 is 32.2 Å². The number of carbonyl (C=O) groups is 2. The Morgan fingerprint density at radius 1 is 1.00 bits per heavy atom. The molecule has 0 spiro atoms. The smallest absolute Gasteiger partial charge is 0.433 e. The third kappa shape index (κ3) is 4.68. The molecule has 2 aromatic heterocycles. The van der Waals surface area contributed by atoms with Crippen LogP contribution in [0.2, 0.25) is 0 Å². The van der Waals surface area contributed by atoms with Gasteiger partial charge in [-0.05, 0) is 19.9 Å². The highest BCUT2D eigenvalue weighted by atomic mass is 19.4. The van der Waals surface area contributed by atoms with Crippen LogP contribution in [-0.2, 0) is 15.7 Å². The molecule has 0 N–H and O–H groups in total. The molecule has 9 nitrogen and oxygen atoms in total. The lowest BCUT2D eigenvalue weighted by molar-refractivity contribution is -0.141. The summed E-state index contributed by atoms with van der Waals surface area (Å²) >= 11 is 0. The highest BCUT2D eigenvalue weighted by Crippen LogP contribution is 2.31. The largest absolute Gasteiger partial charge is 0.461 e. The summed E-state index contributed by atoms with van der Waals surface area (Å²) in [6.45, 7) is 2.97. The van der Waals surface area contributed by atoms with Crippen LogP contribution in [0.25, 0.3) is 17.2 Å². The highest BCUT2D eigenvalue weighted by Gasteiger charge is 2.35. The Bertz CT molecular complexity index is 1100. The maximum Gasteiger partial charge on any atom is 0.433 e. The van der Waals surface area contributed by atoms with E-state index < -0.39 is 41.1 Å². The van der Waals surface area contributed by atoms with Crippen molar-refractivity contribution in [3.05, 3.63) is 53.5 Å². The van der Waals surface area contributed by atoms with Crippen molar-refractivity contribution in [1.29, 1.82) is 0 Å². The Labute approximate surface area is 173 Å². The van der Waals surface area contributed by atoms with E-state index in [1.807, 2.05) is 0 Å². The summed E-state index contributed by atoms with van der Waals surface area (Å²) in [5, 5.41) is 7.21. The zero-order valence-electron chi connectivity index (χ0n) is 16.4. The van der Waals surface area contributed by atoms with Gasteiger partial charge >= 0.3 is 18.1 Å². The molecule has 12 heteroatoms. The van der Waals surface area contributed by atoms with E-state index >= 15 is 0 Å². The molecule has 31 heavy (non-hydrogen) atoms. The van der Waals surface area contributed by atoms with Gasteiger partial charge in [-0.2, -0.15) is 17.9 Å². The van der Waals surface area contributed by atoms with Crippen molar-refractivity contribution >= 4 is 11.9 Å². The Kier molecular flexibility index (Phi) is 6.28. The molecule has 0 bridgehead atoms. The maximum absolute atomic E-state index is 13.5. The molecule has 0 fully saturated rings. The Morgan fingerprint density at radius 3 is 2.26 bits per heavy atom. The molecule has 0 aliphatic rings. The van der Waals surface area contributed by atoms with Crippen molar-refractivity contribution in [2.45, 2.75) is 20.0 Å². The van der Waals surface area contributed by atoms with Crippen LogP contribution < -0.4 is 0 Å². The molecule has 2 heterocycles. The number of aromatic nitrogens is 5. The zero-order valence-corrected chi connectivity index (χ0v) is 16.4. The van der Waals surface area contributed by atoms with Gasteiger partial charge in [-0.3, -0.25) is 0 Å². The van der Waals surface area contributed by atoms with Gasteiger partial charge in [-0.1, -0.05) is 35.5 Å². The van der Waals surface area contributed by atoms with Gasteiger partial charge in [0.1, 0.15) is 0 Å². The number of ether oxygens (including phenoxy) is 2. The second-order valence-electron chi connectivity index (χ2n) is 5.94. The molecule has 0 saturated heterocycles. The van der Waals surface area contributed by atoms with Crippen LogP contribution in [0.4, 0.5) is 13.2 Å². The van der Waals surface area contributed by atoms with Crippen LogP contribution in [0.1, 0.15) is 40.5 Å². The molecule has 0 unspecified atom stereocenters. The van der Waals surface area contributed by atoms with Gasteiger partial charge in [-0.15, -0.1) is 5.10 Å². The van der Waals surface area contributed by atoms with Crippen LogP contribution in [-0.4, -0.2) is 50.1 Å². The minimum Gasteiger partial charge on any atom is -0.461 e. The lowest BCUT2D eigenvalue weighted by atomic mass is 10.1. The number of esters is 2. The molecule has 0 radical (unpaired) electrons. The van der Waals surface area contributed by atoms with Gasteiger partial charge in [0, 0.05) is 5.56 Å². The molecule has 0 atom stereocenters. The second kappa shape index (κ2) is 8.90. The number of hydrogen-bond donors (Lipinski definition) is 0. The first-order valence-corrected chi connectivity index (χ1v) is 9.08. The van der Waals surface area contributed by atoms with Crippen molar-refractivity contribution in [2.24, 2.45) is 0 Å². The summed E-state index contributed by atoms with van der Waals surface area (Å²) in [4.78, 5) is 32.2. The van der Waals surface area contributed by atoms with E-state index in [9.17, 15) is 22.8 Å². The average Bonchev–Trinajstić information content (AvgIpc) is 3.19. The highest BCUT2D eigenvalue weighted by molar-refractivity contribution is 6.00. The van der Waals surface area contributed by atoms with E-state index in [0.717, 1.165) is 6.07 Å². The summed E-state index contributed by atoms with van der Waals surface area (Å²) in [6.07, 6.45) is -4.81. The molecule has 0 saturated carbocycles. The van der Waals surface area contributed by atoms with Crippen molar-refractivity contribution in [3.63, 3.8) is 0 Å². The molecule has 3 aromatic rings. The predicted molar refractivity (Wildman–Crippen MR) is 99.3 cm³/mol. The van der Waals surface area contributed by atoms with E-state index in [1.54, 1.807) is 30.3 Å². The number of halogens is 3. The SMILES string of the molecule is CCOC(=O)c1nnn(-c2nc(-c3ccccc3)cc(C(F)(F)F)n2)c1C(=O)OCC. The standard InChI is InChI=1S/C19H16F3N5O4/c1-3-30-16(28)14-15(17(29)31-4-2)27(26-25-14)18-23-12(11-8-6-5-7-9-11)10-13(24-18)19(20,21)22/h5-10H,3-4H2,1-2H3. The van der Waals surface area contributed by atoms with Gasteiger partial charge < -0.3 is 9.47 Å². The molecule has 0 amide bonds. The van der Waals surface area contributed by atoms with Crippen LogP contribution >= 0.6 is 0 Å². The topological polar surface area (TPSA) is 109 Å². The monoisotopic (exact) mass is 435 g/mol. The molecule has 0 aliphatic heterocycles. The summed E-state index contributed by atoms with van der Waals surface area (Å²) in [7, 11) is 0. The van der Waals surface area contributed by atoms with Gasteiger partial charge in [0.15, 0.2) is 11.4 Å². The van der Waals surface area contributed by atoms with Gasteiger partial charge in [0.2, 0.25) is 5.69 Å². The minimum absolute atomic E-state index is 0.0217. The van der Waals surface area contributed by atoms with Gasteiger partial charge in [0.05, 0.1) is 18.9 Å². The van der Waals surface area contributed by atoms with Gasteiger partial charge in [-0.25, -0.2) is 19.6 Å². The molecule has 0 aliphatic carbocycles. The second-order valence-corrected chi connectivity index (χ2v) is 5.94. The number of nitrogens with zero attached hydrogens (tertiary/aromatic N) is 5. The molecular formula is C19H16F3N5O4. The zero-order chi connectivity index (χ0) is 22.6. The molecule has 1 aromatic carbocycles. The van der Waals surface area contributed by atoms with Crippen LogP contribution in [0, 0.1) is 0 Å². The number of benzene rings is 1. The normalized spacial score (nSPS) is 11.3. The third-order valence-electron chi connectivity index (χ3n) is 3.87. The summed E-state index contributed by atoms with van der Waals surface area (Å²) in [5.41, 5.74) is -2.03. The van der Waals surface area contributed by atoms with E-state index in [-0.39, 0.29) is 18.9 Å². The number of carbonyl (C=O) groups excluding carboxylic acids is 2. The van der Waals surface area contributed by atoms with Crippen LogP contribution in [0.15, 0.2) is 36.4 Å². The van der Waals surface area contributed by atoms with E-state index in [2.05, 4.69) is 20.3 Å². The fraction of sp³-hybridized carbons (Fsp3) is 0.263. The number of hydrogen-bond acceptors (Lipinski definition) is 8. The third-order valence-corrected chi connectivity index (χ3v) is 3.87. The number of alkyl halides is 3. The summed E-state index contributed by atoms with van der Waals surface area (Å²) in [6, 6.07) is 8.84. The molecular weight excluding hydrogens is 419 g/mol. The molecule has 162 valence electrons. The Morgan fingerprint density at radius 2 is 1.65 bits per heavy atom. The molecule has 3 rings (SSSR count). The summed E-state index contributed by atoms with van der Waals surface area (Å²) in [5.74, 6) is -2.65. The summed E-state index contributed by atoms with van der Waals surface area (Å²) < 4.78 is 50.8. The fourth-order valence-electron chi connectivity index (χ4n) is 2.57.